The Labute approximate surface area is 122 Å². The van der Waals surface area contributed by atoms with Gasteiger partial charge in [0, 0.05) is 9.79 Å². The van der Waals surface area contributed by atoms with Crippen molar-refractivity contribution in [3.63, 3.8) is 0 Å². The Morgan fingerprint density at radius 3 is 2.05 bits per heavy atom. The van der Waals surface area contributed by atoms with Gasteiger partial charge in [0.05, 0.1) is 29.9 Å². The number of anilines is 2. The molecule has 1 N–H and O–H groups in total. The van der Waals surface area contributed by atoms with E-state index in [9.17, 15) is 5.11 Å². The average Bonchev–Trinajstić information content (AvgIpc) is 2.46. The molecule has 0 saturated carbocycles. The molecule has 0 aromatic heterocycles. The molecule has 2 aromatic carbocycles. The number of aliphatic hydroxyl groups excluding tert-OH is 1. The van der Waals surface area contributed by atoms with Crippen LogP contribution in [0.5, 0.6) is 0 Å². The standard InChI is InChI=1S/C15H14ClNOS/c16-9-11(18)10-17-12-5-1-3-7-14(12)19-15-8-4-2-6-13(15)17/h1-8,11,18H,9-10H2. The van der Waals surface area contributed by atoms with Gasteiger partial charge in [-0.05, 0) is 24.3 Å². The van der Waals surface area contributed by atoms with E-state index in [-0.39, 0.29) is 5.88 Å². The molecule has 1 unspecified atom stereocenters. The van der Waals surface area contributed by atoms with Crippen LogP contribution in [0.15, 0.2) is 58.3 Å². The van der Waals surface area contributed by atoms with E-state index in [1.54, 1.807) is 11.8 Å². The minimum atomic E-state index is -0.536. The van der Waals surface area contributed by atoms with E-state index in [0.29, 0.717) is 6.54 Å². The molecule has 4 heteroatoms. The molecule has 0 fully saturated rings. The molecule has 1 aliphatic rings. The molecule has 1 heterocycles. The highest BCUT2D eigenvalue weighted by Crippen LogP contribution is 2.47. The van der Waals surface area contributed by atoms with E-state index in [4.69, 9.17) is 11.6 Å². The summed E-state index contributed by atoms with van der Waals surface area (Å²) in [7, 11) is 0. The summed E-state index contributed by atoms with van der Waals surface area (Å²) in [4.78, 5) is 4.57. The Bertz CT molecular complexity index is 544. The van der Waals surface area contributed by atoms with Gasteiger partial charge in [0.1, 0.15) is 0 Å². The highest BCUT2D eigenvalue weighted by Gasteiger charge is 2.24. The van der Waals surface area contributed by atoms with Crippen LogP contribution < -0.4 is 4.90 Å². The van der Waals surface area contributed by atoms with Gasteiger partial charge in [0.25, 0.3) is 0 Å². The second kappa shape index (κ2) is 5.45. The maximum absolute atomic E-state index is 9.88. The largest absolute Gasteiger partial charge is 0.390 e. The van der Waals surface area contributed by atoms with Crippen molar-refractivity contribution in [1.82, 2.24) is 0 Å². The third-order valence-electron chi connectivity index (χ3n) is 3.10. The maximum atomic E-state index is 9.88. The lowest BCUT2D eigenvalue weighted by Crippen LogP contribution is -2.31. The van der Waals surface area contributed by atoms with Crippen LogP contribution in [0, 0.1) is 0 Å². The molecule has 0 saturated heterocycles. The Morgan fingerprint density at radius 1 is 1.00 bits per heavy atom. The topological polar surface area (TPSA) is 23.5 Å². The van der Waals surface area contributed by atoms with Gasteiger partial charge in [0.2, 0.25) is 0 Å². The minimum absolute atomic E-state index is 0.244. The van der Waals surface area contributed by atoms with Crippen LogP contribution in [0.1, 0.15) is 0 Å². The highest BCUT2D eigenvalue weighted by molar-refractivity contribution is 7.99. The van der Waals surface area contributed by atoms with Crippen molar-refractivity contribution in [3.8, 4) is 0 Å². The minimum Gasteiger partial charge on any atom is -0.390 e. The molecular formula is C15H14ClNOS. The zero-order valence-electron chi connectivity index (χ0n) is 10.3. The molecule has 0 radical (unpaired) electrons. The molecule has 0 spiro atoms. The van der Waals surface area contributed by atoms with Gasteiger partial charge >= 0.3 is 0 Å². The second-order valence-corrected chi connectivity index (χ2v) is 5.85. The summed E-state index contributed by atoms with van der Waals surface area (Å²) in [5.74, 6) is 0.244. The Balaban J connectivity index is 2.06. The van der Waals surface area contributed by atoms with E-state index < -0.39 is 6.10 Å². The number of para-hydroxylation sites is 2. The lowest BCUT2D eigenvalue weighted by molar-refractivity contribution is 0.206. The van der Waals surface area contributed by atoms with Gasteiger partial charge in [-0.1, -0.05) is 36.0 Å². The van der Waals surface area contributed by atoms with Crippen molar-refractivity contribution in [2.45, 2.75) is 15.9 Å². The lowest BCUT2D eigenvalue weighted by atomic mass is 10.2. The van der Waals surface area contributed by atoms with E-state index in [0.717, 1.165) is 11.4 Å². The summed E-state index contributed by atoms with van der Waals surface area (Å²) in [6.07, 6.45) is -0.536. The first-order valence-corrected chi connectivity index (χ1v) is 7.52. The Hall–Kier alpha value is -1.16. The molecule has 3 rings (SSSR count). The number of hydrogen-bond acceptors (Lipinski definition) is 3. The van der Waals surface area contributed by atoms with Gasteiger partial charge in [0.15, 0.2) is 0 Å². The number of fused-ring (bicyclic) bond motifs is 2. The maximum Gasteiger partial charge on any atom is 0.0854 e. The van der Waals surface area contributed by atoms with Crippen molar-refractivity contribution in [1.29, 1.82) is 0 Å². The van der Waals surface area contributed by atoms with Crippen molar-refractivity contribution < 1.29 is 5.11 Å². The molecule has 98 valence electrons. The fourth-order valence-electron chi connectivity index (χ4n) is 2.24. The Kier molecular flexibility index (Phi) is 3.69. The molecule has 0 bridgehead atoms. The summed E-state index contributed by atoms with van der Waals surface area (Å²) in [5, 5.41) is 9.88. The quantitative estimate of drug-likeness (QED) is 0.868. The number of benzene rings is 2. The van der Waals surface area contributed by atoms with Gasteiger partial charge in [-0.3, -0.25) is 0 Å². The predicted octanol–water partition coefficient (Wildman–Crippen LogP) is 3.89. The smallest absolute Gasteiger partial charge is 0.0854 e. The fourth-order valence-corrected chi connectivity index (χ4v) is 3.43. The van der Waals surface area contributed by atoms with Gasteiger partial charge < -0.3 is 10.0 Å². The SMILES string of the molecule is OC(CCl)CN1c2ccccc2Sc2ccccc21. The van der Waals surface area contributed by atoms with Crippen LogP contribution in [0.2, 0.25) is 0 Å². The number of hydrogen-bond donors (Lipinski definition) is 1. The zero-order chi connectivity index (χ0) is 13.2. The molecule has 1 atom stereocenters. The molecule has 19 heavy (non-hydrogen) atoms. The van der Waals surface area contributed by atoms with Crippen LogP contribution in [0.4, 0.5) is 11.4 Å². The second-order valence-electron chi connectivity index (χ2n) is 4.46. The molecule has 2 nitrogen and oxygen atoms in total. The number of aliphatic hydroxyl groups is 1. The summed E-state index contributed by atoms with van der Waals surface area (Å²) in [6, 6.07) is 16.5. The van der Waals surface area contributed by atoms with Crippen LogP contribution in [0.25, 0.3) is 0 Å². The van der Waals surface area contributed by atoms with Gasteiger partial charge in [-0.2, -0.15) is 0 Å². The number of alkyl halides is 1. The molecular weight excluding hydrogens is 278 g/mol. The predicted molar refractivity (Wildman–Crippen MR) is 80.7 cm³/mol. The normalized spacial score (nSPS) is 14.7. The highest BCUT2D eigenvalue weighted by atomic mass is 35.5. The summed E-state index contributed by atoms with van der Waals surface area (Å²) in [5.41, 5.74) is 2.27. The summed E-state index contributed by atoms with van der Waals surface area (Å²) >= 11 is 7.51. The van der Waals surface area contributed by atoms with Gasteiger partial charge in [-0.15, -0.1) is 11.6 Å². The van der Waals surface area contributed by atoms with Gasteiger partial charge in [-0.25, -0.2) is 0 Å². The third-order valence-corrected chi connectivity index (χ3v) is 4.59. The van der Waals surface area contributed by atoms with E-state index in [2.05, 4.69) is 29.2 Å². The van der Waals surface area contributed by atoms with E-state index >= 15 is 0 Å². The lowest BCUT2D eigenvalue weighted by Gasteiger charge is -2.33. The van der Waals surface area contributed by atoms with Crippen LogP contribution in [-0.4, -0.2) is 23.6 Å². The van der Waals surface area contributed by atoms with Crippen molar-refractivity contribution in [2.75, 3.05) is 17.3 Å². The first kappa shape index (κ1) is 12.9. The van der Waals surface area contributed by atoms with Crippen LogP contribution >= 0.6 is 23.4 Å². The third kappa shape index (κ3) is 2.46. The monoisotopic (exact) mass is 291 g/mol. The molecule has 0 aliphatic carbocycles. The number of β-amino-alcohol motifs (C(OH)–C–C–N with tert-alkyl or cyclic N) is 1. The van der Waals surface area contributed by atoms with E-state index in [1.807, 2.05) is 24.3 Å². The number of nitrogens with zero attached hydrogens (tertiary/aromatic N) is 1. The Morgan fingerprint density at radius 2 is 1.53 bits per heavy atom. The molecule has 2 aromatic rings. The van der Waals surface area contributed by atoms with Crippen molar-refractivity contribution in [3.05, 3.63) is 48.5 Å². The summed E-state index contributed by atoms with van der Waals surface area (Å²) < 4.78 is 0. The van der Waals surface area contributed by atoms with Crippen LogP contribution in [-0.2, 0) is 0 Å². The first-order valence-electron chi connectivity index (χ1n) is 6.17. The summed E-state index contributed by atoms with van der Waals surface area (Å²) in [6.45, 7) is 0.512. The first-order chi connectivity index (χ1) is 9.29. The fraction of sp³-hybridized carbons (Fsp3) is 0.200. The average molecular weight is 292 g/mol. The number of rotatable bonds is 3. The van der Waals surface area contributed by atoms with E-state index in [1.165, 1.54) is 9.79 Å². The molecule has 0 amide bonds. The number of halogens is 1. The van der Waals surface area contributed by atoms with Crippen molar-refractivity contribution in [2.24, 2.45) is 0 Å². The van der Waals surface area contributed by atoms with Crippen LogP contribution in [0.3, 0.4) is 0 Å². The zero-order valence-corrected chi connectivity index (χ0v) is 11.9. The molecule has 1 aliphatic heterocycles. The van der Waals surface area contributed by atoms with Crippen molar-refractivity contribution >= 4 is 34.7 Å².